The van der Waals surface area contributed by atoms with Gasteiger partial charge in [0.2, 0.25) is 5.91 Å². The molecule has 0 radical (unpaired) electrons. The molecule has 0 saturated carbocycles. The van der Waals surface area contributed by atoms with Crippen molar-refractivity contribution in [3.8, 4) is 5.75 Å². The van der Waals surface area contributed by atoms with Crippen LogP contribution in [0.15, 0.2) is 18.2 Å². The molecule has 110 valence electrons. The fraction of sp³-hybridized carbons (Fsp3) is 0.462. The first-order chi connectivity index (χ1) is 9.36. The Morgan fingerprint density at radius 1 is 1.35 bits per heavy atom. The van der Waals surface area contributed by atoms with Gasteiger partial charge in [-0.15, -0.1) is 0 Å². The van der Waals surface area contributed by atoms with Gasteiger partial charge < -0.3 is 15.4 Å². The van der Waals surface area contributed by atoms with Crippen molar-refractivity contribution < 1.29 is 14.5 Å². The Balaban J connectivity index is 2.97. The minimum Gasteiger partial charge on any atom is -0.490 e. The van der Waals surface area contributed by atoms with Gasteiger partial charge in [-0.1, -0.05) is 6.07 Å². The highest BCUT2D eigenvalue weighted by molar-refractivity contribution is 5.85. The number of nitro benzene ring substituents is 1. The summed E-state index contributed by atoms with van der Waals surface area (Å²) < 4.78 is 4.97. The number of benzene rings is 1. The van der Waals surface area contributed by atoms with Crippen molar-refractivity contribution in [2.75, 3.05) is 12.4 Å². The van der Waals surface area contributed by atoms with Gasteiger partial charge in [0.15, 0.2) is 5.75 Å². The Hall–Kier alpha value is -2.31. The summed E-state index contributed by atoms with van der Waals surface area (Å²) in [7, 11) is 1.36. The lowest BCUT2D eigenvalue weighted by molar-refractivity contribution is -0.384. The lowest BCUT2D eigenvalue weighted by Gasteiger charge is -2.17. The number of rotatable bonds is 6. The number of carbonyl (C=O) groups is 1. The first-order valence-electron chi connectivity index (χ1n) is 6.25. The number of amides is 1. The maximum absolute atomic E-state index is 11.8. The van der Waals surface area contributed by atoms with Crippen LogP contribution >= 0.6 is 0 Å². The van der Waals surface area contributed by atoms with Gasteiger partial charge in [-0.3, -0.25) is 14.9 Å². The van der Waals surface area contributed by atoms with E-state index in [0.29, 0.717) is 0 Å². The number of anilines is 1. The molecule has 1 rings (SSSR count). The molecule has 0 fully saturated rings. The quantitative estimate of drug-likeness (QED) is 0.614. The number of hydrogen-bond acceptors (Lipinski definition) is 5. The molecule has 0 aliphatic carbocycles. The minimum absolute atomic E-state index is 0.00652. The van der Waals surface area contributed by atoms with Gasteiger partial charge in [0.05, 0.1) is 12.0 Å². The second-order valence-corrected chi connectivity index (χ2v) is 4.64. The van der Waals surface area contributed by atoms with Gasteiger partial charge in [-0.25, -0.2) is 0 Å². The number of methoxy groups -OCH3 is 1. The molecule has 0 aromatic heterocycles. The molecule has 1 unspecified atom stereocenters. The number of nitrogens with one attached hydrogen (secondary N) is 2. The van der Waals surface area contributed by atoms with E-state index in [-0.39, 0.29) is 29.1 Å². The minimum atomic E-state index is -0.594. The van der Waals surface area contributed by atoms with Crippen LogP contribution in [0.5, 0.6) is 5.75 Å². The lowest BCUT2D eigenvalue weighted by atomic mass is 10.2. The molecule has 7 heteroatoms. The maximum atomic E-state index is 11.8. The highest BCUT2D eigenvalue weighted by Gasteiger charge is 2.23. The van der Waals surface area contributed by atoms with Crippen LogP contribution in [0.4, 0.5) is 11.4 Å². The van der Waals surface area contributed by atoms with Crippen LogP contribution < -0.4 is 15.4 Å². The van der Waals surface area contributed by atoms with Crippen LogP contribution in [-0.4, -0.2) is 30.0 Å². The SMILES string of the molecule is COc1cccc(NC(C)C(=O)NC(C)C)c1[N+](=O)[O-]. The Bertz CT molecular complexity index is 502. The molecule has 0 bridgehead atoms. The highest BCUT2D eigenvalue weighted by Crippen LogP contribution is 2.34. The van der Waals surface area contributed by atoms with Crippen molar-refractivity contribution in [3.63, 3.8) is 0 Å². The van der Waals surface area contributed by atoms with Crippen molar-refractivity contribution in [2.45, 2.75) is 32.9 Å². The Morgan fingerprint density at radius 3 is 2.50 bits per heavy atom. The summed E-state index contributed by atoms with van der Waals surface area (Å²) in [6.07, 6.45) is 0. The van der Waals surface area contributed by atoms with Gasteiger partial charge >= 0.3 is 5.69 Å². The Kier molecular flexibility index (Phi) is 5.31. The van der Waals surface area contributed by atoms with Crippen molar-refractivity contribution in [3.05, 3.63) is 28.3 Å². The largest absolute Gasteiger partial charge is 0.490 e. The van der Waals surface area contributed by atoms with E-state index in [1.807, 2.05) is 13.8 Å². The number of nitrogens with zero attached hydrogens (tertiary/aromatic N) is 1. The summed E-state index contributed by atoms with van der Waals surface area (Å²) in [6.45, 7) is 5.33. The van der Waals surface area contributed by atoms with Crippen LogP contribution in [0.3, 0.4) is 0 Å². The second-order valence-electron chi connectivity index (χ2n) is 4.64. The van der Waals surface area contributed by atoms with Gasteiger partial charge in [0.1, 0.15) is 11.7 Å². The number of para-hydroxylation sites is 1. The number of carbonyl (C=O) groups excluding carboxylic acids is 1. The third-order valence-electron chi connectivity index (χ3n) is 2.60. The molecule has 1 aromatic carbocycles. The molecule has 0 spiro atoms. The lowest BCUT2D eigenvalue weighted by Crippen LogP contribution is -2.41. The van der Waals surface area contributed by atoms with Crippen molar-refractivity contribution in [1.29, 1.82) is 0 Å². The predicted molar refractivity (Wildman–Crippen MR) is 76.0 cm³/mol. The van der Waals surface area contributed by atoms with Gasteiger partial charge in [0.25, 0.3) is 0 Å². The average molecular weight is 281 g/mol. The molecular formula is C13H19N3O4. The van der Waals surface area contributed by atoms with Gasteiger partial charge in [0, 0.05) is 6.04 Å². The van der Waals surface area contributed by atoms with E-state index < -0.39 is 11.0 Å². The summed E-state index contributed by atoms with van der Waals surface area (Å²) in [4.78, 5) is 22.4. The molecule has 7 nitrogen and oxygen atoms in total. The Labute approximate surface area is 117 Å². The van der Waals surface area contributed by atoms with E-state index in [9.17, 15) is 14.9 Å². The third-order valence-corrected chi connectivity index (χ3v) is 2.60. The van der Waals surface area contributed by atoms with Crippen LogP contribution in [0.25, 0.3) is 0 Å². The summed E-state index contributed by atoms with van der Waals surface area (Å²) in [6, 6.07) is 4.08. The maximum Gasteiger partial charge on any atom is 0.333 e. The molecular weight excluding hydrogens is 262 g/mol. The van der Waals surface area contributed by atoms with Gasteiger partial charge in [-0.2, -0.15) is 0 Å². The number of hydrogen-bond donors (Lipinski definition) is 2. The predicted octanol–water partition coefficient (Wildman–Crippen LogP) is 1.93. The molecule has 20 heavy (non-hydrogen) atoms. The van der Waals surface area contributed by atoms with Crippen LogP contribution in [0, 0.1) is 10.1 Å². The fourth-order valence-corrected chi connectivity index (χ4v) is 1.70. The van der Waals surface area contributed by atoms with Crippen molar-refractivity contribution in [1.82, 2.24) is 5.32 Å². The van der Waals surface area contributed by atoms with Crippen LogP contribution in [-0.2, 0) is 4.79 Å². The smallest absolute Gasteiger partial charge is 0.333 e. The molecule has 0 saturated heterocycles. The van der Waals surface area contributed by atoms with E-state index >= 15 is 0 Å². The summed E-state index contributed by atoms with van der Waals surface area (Å²) in [5, 5.41) is 16.7. The molecule has 0 aliphatic heterocycles. The zero-order valence-electron chi connectivity index (χ0n) is 12.0. The third kappa shape index (κ3) is 3.84. The summed E-state index contributed by atoms with van der Waals surface area (Å²) in [5.74, 6) is -0.0754. The summed E-state index contributed by atoms with van der Waals surface area (Å²) >= 11 is 0. The number of nitro groups is 1. The first-order valence-corrected chi connectivity index (χ1v) is 6.25. The van der Waals surface area contributed by atoms with Crippen molar-refractivity contribution >= 4 is 17.3 Å². The molecule has 0 heterocycles. The van der Waals surface area contributed by atoms with Crippen LogP contribution in [0.2, 0.25) is 0 Å². The molecule has 0 aliphatic rings. The van der Waals surface area contributed by atoms with E-state index in [2.05, 4.69) is 10.6 Å². The fourth-order valence-electron chi connectivity index (χ4n) is 1.70. The van der Waals surface area contributed by atoms with Crippen LogP contribution in [0.1, 0.15) is 20.8 Å². The molecule has 1 aromatic rings. The zero-order chi connectivity index (χ0) is 15.3. The topological polar surface area (TPSA) is 93.5 Å². The monoisotopic (exact) mass is 281 g/mol. The second kappa shape index (κ2) is 6.74. The van der Waals surface area contributed by atoms with Gasteiger partial charge in [-0.05, 0) is 32.9 Å². The first kappa shape index (κ1) is 15.7. The molecule has 1 atom stereocenters. The standard InChI is InChI=1S/C13H19N3O4/c1-8(2)14-13(17)9(3)15-10-6-5-7-11(20-4)12(10)16(18)19/h5-9,15H,1-4H3,(H,14,17). The van der Waals surface area contributed by atoms with E-state index in [1.165, 1.54) is 13.2 Å². The van der Waals surface area contributed by atoms with E-state index in [4.69, 9.17) is 4.74 Å². The van der Waals surface area contributed by atoms with E-state index in [1.54, 1.807) is 19.1 Å². The average Bonchev–Trinajstić information content (AvgIpc) is 2.37. The van der Waals surface area contributed by atoms with Crippen molar-refractivity contribution in [2.24, 2.45) is 0 Å². The summed E-state index contributed by atoms with van der Waals surface area (Å²) in [5.41, 5.74) is 0.0694. The zero-order valence-corrected chi connectivity index (χ0v) is 12.0. The molecule has 1 amide bonds. The highest BCUT2D eigenvalue weighted by atomic mass is 16.6. The van der Waals surface area contributed by atoms with E-state index in [0.717, 1.165) is 0 Å². The number of ether oxygens (including phenoxy) is 1. The molecule has 2 N–H and O–H groups in total. The Morgan fingerprint density at radius 2 is 2.00 bits per heavy atom. The normalized spacial score (nSPS) is 11.8.